The zero-order chi connectivity index (χ0) is 19.8. The monoisotopic (exact) mass is 380 g/mol. The molecule has 1 heterocycles. The van der Waals surface area contributed by atoms with Crippen LogP contribution in [0.5, 0.6) is 0 Å². The van der Waals surface area contributed by atoms with Crippen LogP contribution in [0.2, 0.25) is 0 Å². The molecular formula is C20H20N4O4. The molecule has 144 valence electrons. The second-order valence-electron chi connectivity index (χ2n) is 7.13. The van der Waals surface area contributed by atoms with Gasteiger partial charge in [0.1, 0.15) is 5.69 Å². The number of rotatable bonds is 5. The maximum absolute atomic E-state index is 12.6. The highest BCUT2D eigenvalue weighted by atomic mass is 16.6. The van der Waals surface area contributed by atoms with Gasteiger partial charge in [-0.2, -0.15) is 0 Å². The summed E-state index contributed by atoms with van der Waals surface area (Å²) in [5.74, 6) is -0.426. The third kappa shape index (κ3) is 3.53. The molecule has 0 unspecified atom stereocenters. The van der Waals surface area contributed by atoms with Crippen molar-refractivity contribution in [2.24, 2.45) is 0 Å². The molecule has 1 saturated carbocycles. The molecule has 0 spiro atoms. The highest BCUT2D eigenvalue weighted by Crippen LogP contribution is 2.33. The Labute approximate surface area is 161 Å². The first-order valence-corrected chi connectivity index (χ1v) is 9.20. The number of nitrogens with zero attached hydrogens (tertiary/aromatic N) is 2. The number of fused-ring (bicyclic) bond motifs is 1. The largest absolute Gasteiger partial charge is 0.377 e. The summed E-state index contributed by atoms with van der Waals surface area (Å²) < 4.78 is 0. The molecule has 2 aromatic rings. The zero-order valence-electron chi connectivity index (χ0n) is 15.4. The van der Waals surface area contributed by atoms with Crippen LogP contribution in [0.1, 0.15) is 35.7 Å². The number of nitro benzene ring substituents is 1. The van der Waals surface area contributed by atoms with Gasteiger partial charge in [-0.15, -0.1) is 0 Å². The van der Waals surface area contributed by atoms with Crippen LogP contribution in [0.15, 0.2) is 36.4 Å². The molecule has 2 N–H and O–H groups in total. The topological polar surface area (TPSA) is 105 Å². The SMILES string of the molecule is CC(=O)N1CCc2cc(NC(=O)c3ccc(NC4CC4)c([N+](=O)[O-])c3)ccc21. The highest BCUT2D eigenvalue weighted by molar-refractivity contribution is 6.05. The van der Waals surface area contributed by atoms with Crippen molar-refractivity contribution in [3.63, 3.8) is 0 Å². The average Bonchev–Trinajstić information content (AvgIpc) is 3.37. The molecule has 0 bridgehead atoms. The second-order valence-corrected chi connectivity index (χ2v) is 7.13. The molecule has 2 aromatic carbocycles. The van der Waals surface area contributed by atoms with Crippen molar-refractivity contribution in [3.8, 4) is 0 Å². The number of nitro groups is 1. The van der Waals surface area contributed by atoms with Gasteiger partial charge >= 0.3 is 0 Å². The van der Waals surface area contributed by atoms with E-state index in [0.29, 0.717) is 17.9 Å². The second kappa shape index (κ2) is 6.95. The van der Waals surface area contributed by atoms with Gasteiger partial charge in [-0.1, -0.05) is 0 Å². The van der Waals surface area contributed by atoms with Crippen molar-refractivity contribution in [2.75, 3.05) is 22.1 Å². The molecule has 0 aromatic heterocycles. The van der Waals surface area contributed by atoms with E-state index in [2.05, 4.69) is 10.6 Å². The van der Waals surface area contributed by atoms with Crippen molar-refractivity contribution in [2.45, 2.75) is 32.2 Å². The number of carbonyl (C=O) groups is 2. The number of carbonyl (C=O) groups excluding carboxylic acids is 2. The van der Waals surface area contributed by atoms with Gasteiger partial charge in [0.15, 0.2) is 0 Å². The van der Waals surface area contributed by atoms with E-state index in [1.807, 2.05) is 12.1 Å². The first kappa shape index (κ1) is 18.0. The predicted molar refractivity (Wildman–Crippen MR) is 106 cm³/mol. The molecule has 0 saturated heterocycles. The smallest absolute Gasteiger partial charge is 0.293 e. The first-order valence-electron chi connectivity index (χ1n) is 9.20. The van der Waals surface area contributed by atoms with Gasteiger partial charge in [0.25, 0.3) is 11.6 Å². The van der Waals surface area contributed by atoms with Crippen LogP contribution in [0.4, 0.5) is 22.7 Å². The fraction of sp³-hybridized carbons (Fsp3) is 0.300. The van der Waals surface area contributed by atoms with Gasteiger partial charge in [-0.25, -0.2) is 0 Å². The maximum Gasteiger partial charge on any atom is 0.293 e. The Morgan fingerprint density at radius 3 is 2.64 bits per heavy atom. The van der Waals surface area contributed by atoms with Gasteiger partial charge in [0.2, 0.25) is 5.91 Å². The Kier molecular flexibility index (Phi) is 4.46. The van der Waals surface area contributed by atoms with E-state index in [0.717, 1.165) is 30.5 Å². The third-order valence-corrected chi connectivity index (χ3v) is 5.01. The van der Waals surface area contributed by atoms with Gasteiger partial charge in [-0.05, 0) is 55.2 Å². The molecule has 0 radical (unpaired) electrons. The molecule has 1 aliphatic heterocycles. The summed E-state index contributed by atoms with van der Waals surface area (Å²) in [5, 5.41) is 17.3. The summed E-state index contributed by atoms with van der Waals surface area (Å²) in [5.41, 5.74) is 2.99. The van der Waals surface area contributed by atoms with Crippen LogP contribution in [-0.2, 0) is 11.2 Å². The maximum atomic E-state index is 12.6. The first-order chi connectivity index (χ1) is 13.4. The molecular weight excluding hydrogens is 360 g/mol. The molecule has 1 aliphatic carbocycles. The lowest BCUT2D eigenvalue weighted by Crippen LogP contribution is -2.25. The number of nitrogens with one attached hydrogen (secondary N) is 2. The molecule has 0 atom stereocenters. The van der Waals surface area contributed by atoms with E-state index < -0.39 is 10.8 Å². The van der Waals surface area contributed by atoms with E-state index in [-0.39, 0.29) is 23.2 Å². The van der Waals surface area contributed by atoms with Crippen LogP contribution < -0.4 is 15.5 Å². The van der Waals surface area contributed by atoms with Crippen LogP contribution in [0, 0.1) is 10.1 Å². The Balaban J connectivity index is 1.53. The Bertz CT molecular complexity index is 984. The number of benzene rings is 2. The fourth-order valence-corrected chi connectivity index (χ4v) is 3.40. The third-order valence-electron chi connectivity index (χ3n) is 5.01. The van der Waals surface area contributed by atoms with Crippen molar-refractivity contribution in [1.82, 2.24) is 0 Å². The number of hydrogen-bond donors (Lipinski definition) is 2. The normalized spacial score (nSPS) is 15.1. The van der Waals surface area contributed by atoms with Gasteiger partial charge in [0.05, 0.1) is 4.92 Å². The summed E-state index contributed by atoms with van der Waals surface area (Å²) in [6.45, 7) is 2.16. The highest BCUT2D eigenvalue weighted by Gasteiger charge is 2.26. The van der Waals surface area contributed by atoms with Crippen LogP contribution >= 0.6 is 0 Å². The van der Waals surface area contributed by atoms with E-state index in [1.54, 1.807) is 23.1 Å². The van der Waals surface area contributed by atoms with Crippen molar-refractivity contribution < 1.29 is 14.5 Å². The van der Waals surface area contributed by atoms with Crippen LogP contribution in [0.3, 0.4) is 0 Å². The van der Waals surface area contributed by atoms with E-state index in [1.165, 1.54) is 13.0 Å². The number of anilines is 3. The fourth-order valence-electron chi connectivity index (χ4n) is 3.40. The summed E-state index contributed by atoms with van der Waals surface area (Å²) in [6, 6.07) is 10.1. The quantitative estimate of drug-likeness (QED) is 0.611. The molecule has 8 nitrogen and oxygen atoms in total. The van der Waals surface area contributed by atoms with Crippen LogP contribution in [0.25, 0.3) is 0 Å². The Morgan fingerprint density at radius 1 is 1.18 bits per heavy atom. The minimum absolute atomic E-state index is 0.0114. The van der Waals surface area contributed by atoms with Crippen molar-refractivity contribution in [3.05, 3.63) is 57.6 Å². The lowest BCUT2D eigenvalue weighted by Gasteiger charge is -2.15. The van der Waals surface area contributed by atoms with Gasteiger partial charge in [-0.3, -0.25) is 19.7 Å². The average molecular weight is 380 g/mol. The van der Waals surface area contributed by atoms with E-state index in [4.69, 9.17) is 0 Å². The molecule has 4 rings (SSSR count). The Morgan fingerprint density at radius 2 is 1.96 bits per heavy atom. The van der Waals surface area contributed by atoms with E-state index in [9.17, 15) is 19.7 Å². The summed E-state index contributed by atoms with van der Waals surface area (Å²) in [4.78, 5) is 36.8. The summed E-state index contributed by atoms with van der Waals surface area (Å²) in [6.07, 6.45) is 2.73. The predicted octanol–water partition coefficient (Wildman–Crippen LogP) is 3.33. The number of hydrogen-bond acceptors (Lipinski definition) is 5. The van der Waals surface area contributed by atoms with Crippen molar-refractivity contribution in [1.29, 1.82) is 0 Å². The minimum Gasteiger partial charge on any atom is -0.377 e. The zero-order valence-corrected chi connectivity index (χ0v) is 15.4. The standard InChI is InChI=1S/C20H20N4O4/c1-12(25)23-9-8-13-10-16(5-7-18(13)23)22-20(26)14-2-6-17(21-15-3-4-15)19(11-14)24(27)28/h2,5-7,10-11,15,21H,3-4,8-9H2,1H3,(H,22,26). The molecule has 28 heavy (non-hydrogen) atoms. The Hall–Kier alpha value is -3.42. The van der Waals surface area contributed by atoms with E-state index >= 15 is 0 Å². The van der Waals surface area contributed by atoms with Crippen LogP contribution in [-0.4, -0.2) is 29.3 Å². The lowest BCUT2D eigenvalue weighted by molar-refractivity contribution is -0.384. The van der Waals surface area contributed by atoms with Gasteiger partial charge in [0, 0.05) is 42.5 Å². The summed E-state index contributed by atoms with van der Waals surface area (Å²) in [7, 11) is 0. The molecule has 2 aliphatic rings. The molecule has 2 amide bonds. The number of amides is 2. The van der Waals surface area contributed by atoms with Gasteiger partial charge < -0.3 is 15.5 Å². The lowest BCUT2D eigenvalue weighted by atomic mass is 10.1. The minimum atomic E-state index is -0.479. The molecule has 8 heteroatoms. The molecule has 1 fully saturated rings. The van der Waals surface area contributed by atoms with Crippen molar-refractivity contribution >= 4 is 34.6 Å². The summed E-state index contributed by atoms with van der Waals surface area (Å²) >= 11 is 0.